The second-order valence-electron chi connectivity index (χ2n) is 9.98. The molecular formula is C31H26FN5S. The minimum Gasteiger partial charge on any atom is -0.358 e. The van der Waals surface area contributed by atoms with Crippen molar-refractivity contribution in [1.82, 2.24) is 20.2 Å². The van der Waals surface area contributed by atoms with Crippen LogP contribution in [0.5, 0.6) is 0 Å². The Morgan fingerprint density at radius 2 is 1.84 bits per heavy atom. The Bertz CT molecular complexity index is 1800. The highest BCUT2D eigenvalue weighted by atomic mass is 32.1. The van der Waals surface area contributed by atoms with E-state index in [1.807, 2.05) is 36.7 Å². The zero-order valence-electron chi connectivity index (χ0n) is 20.7. The van der Waals surface area contributed by atoms with Gasteiger partial charge < -0.3 is 10.3 Å². The molecule has 4 heterocycles. The topological polar surface area (TPSA) is 69.4 Å². The lowest BCUT2D eigenvalue weighted by Crippen LogP contribution is -2.07. The number of fused-ring (bicyclic) bond motifs is 2. The molecule has 0 radical (unpaired) electrons. The van der Waals surface area contributed by atoms with Gasteiger partial charge in [-0.25, -0.2) is 0 Å². The Morgan fingerprint density at radius 1 is 0.947 bits per heavy atom. The number of pyridine rings is 1. The van der Waals surface area contributed by atoms with E-state index in [0.717, 1.165) is 77.5 Å². The van der Waals surface area contributed by atoms with Gasteiger partial charge in [0.1, 0.15) is 5.69 Å². The molecule has 0 spiro atoms. The summed E-state index contributed by atoms with van der Waals surface area (Å²) in [7, 11) is 0. The van der Waals surface area contributed by atoms with Crippen molar-refractivity contribution in [3.8, 4) is 33.0 Å². The van der Waals surface area contributed by atoms with E-state index in [1.54, 1.807) is 0 Å². The highest BCUT2D eigenvalue weighted by Crippen LogP contribution is 2.37. The van der Waals surface area contributed by atoms with Crippen LogP contribution in [-0.4, -0.2) is 20.2 Å². The molecule has 3 N–H and O–H groups in total. The van der Waals surface area contributed by atoms with Crippen LogP contribution in [0.15, 0.2) is 85.3 Å². The molecule has 1 aliphatic carbocycles. The molecule has 1 aliphatic rings. The summed E-state index contributed by atoms with van der Waals surface area (Å²) >= 11 is 1.16. The molecule has 6 aromatic rings. The van der Waals surface area contributed by atoms with Crippen molar-refractivity contribution in [2.45, 2.75) is 25.7 Å². The predicted octanol–water partition coefficient (Wildman–Crippen LogP) is 8.76. The van der Waals surface area contributed by atoms with Gasteiger partial charge in [0.25, 0.3) is 0 Å². The molecule has 7 rings (SSSR count). The van der Waals surface area contributed by atoms with Crippen molar-refractivity contribution in [2.75, 3.05) is 5.32 Å². The molecule has 0 amide bonds. The summed E-state index contributed by atoms with van der Waals surface area (Å²) < 4.78 is 13.7. The van der Waals surface area contributed by atoms with E-state index in [1.165, 1.54) is 31.7 Å². The zero-order chi connectivity index (χ0) is 25.6. The third-order valence-corrected chi connectivity index (χ3v) is 8.45. The Balaban J connectivity index is 1.24. The Kier molecular flexibility index (Phi) is 5.59. The number of nitrogens with one attached hydrogen (secondary N) is 3. The van der Waals surface area contributed by atoms with Crippen LogP contribution in [0.4, 0.5) is 10.1 Å². The highest BCUT2D eigenvalue weighted by Gasteiger charge is 2.19. The number of H-pyrrole nitrogens is 2. The monoisotopic (exact) mass is 519 g/mol. The molecule has 7 heteroatoms. The standard InChI is InChI=1S/C31H26FN5S/c1-18(19-5-2-3-6-19)34-22-13-21(16-33-17-22)20-9-10-27-25(14-20)31(37-36-27)28-15-24-23(7-4-8-26(24)35-28)29-11-12-30(32)38-29/h4,7-17,19,34-35H,1-3,5-6H2,(H,36,37). The number of nitrogens with zero attached hydrogens (tertiary/aromatic N) is 2. The lowest BCUT2D eigenvalue weighted by atomic mass is 10.0. The Labute approximate surface area is 223 Å². The number of halogens is 1. The van der Waals surface area contributed by atoms with E-state index in [2.05, 4.69) is 62.4 Å². The first-order valence-electron chi connectivity index (χ1n) is 12.9. The fourth-order valence-electron chi connectivity index (χ4n) is 5.58. The Morgan fingerprint density at radius 3 is 2.68 bits per heavy atom. The van der Waals surface area contributed by atoms with Gasteiger partial charge in [-0.05, 0) is 66.8 Å². The van der Waals surface area contributed by atoms with Crippen LogP contribution in [0, 0.1) is 11.0 Å². The number of benzene rings is 2. The van der Waals surface area contributed by atoms with Gasteiger partial charge in [-0.15, -0.1) is 11.3 Å². The molecule has 188 valence electrons. The van der Waals surface area contributed by atoms with Gasteiger partial charge in [0.2, 0.25) is 0 Å². The van der Waals surface area contributed by atoms with E-state index in [4.69, 9.17) is 0 Å². The molecular weight excluding hydrogens is 493 g/mol. The van der Waals surface area contributed by atoms with Gasteiger partial charge in [-0.2, -0.15) is 9.49 Å². The molecule has 0 bridgehead atoms. The summed E-state index contributed by atoms with van der Waals surface area (Å²) in [4.78, 5) is 8.93. The maximum absolute atomic E-state index is 13.7. The average molecular weight is 520 g/mol. The zero-order valence-corrected chi connectivity index (χ0v) is 21.5. The van der Waals surface area contributed by atoms with E-state index in [0.29, 0.717) is 5.92 Å². The maximum Gasteiger partial charge on any atom is 0.176 e. The van der Waals surface area contributed by atoms with Gasteiger partial charge in [-0.3, -0.25) is 10.1 Å². The first kappa shape index (κ1) is 22.9. The SMILES string of the molecule is C=C(Nc1cncc(-c2ccc3[nH]nc(-c4cc5c(-c6ccc(F)s6)cccc5[nH]4)c3c2)c1)C1CCCC1. The highest BCUT2D eigenvalue weighted by molar-refractivity contribution is 7.14. The number of allylic oxidation sites excluding steroid dienone is 1. The number of hydrogen-bond donors (Lipinski definition) is 3. The third kappa shape index (κ3) is 4.09. The van der Waals surface area contributed by atoms with Crippen molar-refractivity contribution < 1.29 is 4.39 Å². The molecule has 2 aromatic carbocycles. The minimum absolute atomic E-state index is 0.185. The van der Waals surface area contributed by atoms with Gasteiger partial charge in [-0.1, -0.05) is 37.6 Å². The van der Waals surface area contributed by atoms with Crippen LogP contribution >= 0.6 is 11.3 Å². The van der Waals surface area contributed by atoms with Crippen LogP contribution in [-0.2, 0) is 0 Å². The summed E-state index contributed by atoms with van der Waals surface area (Å²) in [6.45, 7) is 4.29. The van der Waals surface area contributed by atoms with E-state index < -0.39 is 0 Å². The van der Waals surface area contributed by atoms with Crippen LogP contribution in [0.25, 0.3) is 54.8 Å². The van der Waals surface area contributed by atoms with Crippen molar-refractivity contribution in [3.63, 3.8) is 0 Å². The summed E-state index contributed by atoms with van der Waals surface area (Å²) in [5.74, 6) is 0.541. The molecule has 1 fully saturated rings. The van der Waals surface area contributed by atoms with Crippen LogP contribution in [0.3, 0.4) is 0 Å². The summed E-state index contributed by atoms with van der Waals surface area (Å²) in [6, 6.07) is 19.9. The second kappa shape index (κ2) is 9.26. The summed E-state index contributed by atoms with van der Waals surface area (Å²) in [6.07, 6.45) is 8.71. The van der Waals surface area contributed by atoms with Gasteiger partial charge in [0, 0.05) is 44.2 Å². The molecule has 5 nitrogen and oxygen atoms in total. The van der Waals surface area contributed by atoms with Crippen molar-refractivity contribution in [3.05, 3.63) is 90.5 Å². The van der Waals surface area contributed by atoms with Crippen molar-refractivity contribution >= 4 is 38.8 Å². The molecule has 0 aliphatic heterocycles. The largest absolute Gasteiger partial charge is 0.358 e. The predicted molar refractivity (Wildman–Crippen MR) is 155 cm³/mol. The number of thiophene rings is 1. The fourth-order valence-corrected chi connectivity index (χ4v) is 6.35. The molecule has 0 atom stereocenters. The van der Waals surface area contributed by atoms with E-state index in [-0.39, 0.29) is 5.13 Å². The number of hydrogen-bond acceptors (Lipinski definition) is 4. The maximum atomic E-state index is 13.7. The van der Waals surface area contributed by atoms with Crippen LogP contribution in [0.2, 0.25) is 0 Å². The van der Waals surface area contributed by atoms with E-state index >= 15 is 0 Å². The lowest BCUT2D eigenvalue weighted by molar-refractivity contribution is 0.649. The second-order valence-corrected chi connectivity index (χ2v) is 11.0. The fraction of sp³-hybridized carbons (Fsp3) is 0.161. The van der Waals surface area contributed by atoms with Crippen LogP contribution in [0.1, 0.15) is 25.7 Å². The van der Waals surface area contributed by atoms with Gasteiger partial charge >= 0.3 is 0 Å². The first-order chi connectivity index (χ1) is 18.6. The average Bonchev–Trinajstić information content (AvgIpc) is 3.74. The third-order valence-electron chi connectivity index (χ3n) is 7.55. The lowest BCUT2D eigenvalue weighted by Gasteiger charge is -2.16. The number of anilines is 1. The molecule has 4 aromatic heterocycles. The molecule has 38 heavy (non-hydrogen) atoms. The summed E-state index contributed by atoms with van der Waals surface area (Å²) in [5.41, 5.74) is 8.85. The summed E-state index contributed by atoms with van der Waals surface area (Å²) in [5, 5.41) is 13.2. The first-order valence-corrected chi connectivity index (χ1v) is 13.7. The Hall–Kier alpha value is -4.23. The number of aromatic nitrogens is 4. The van der Waals surface area contributed by atoms with Gasteiger partial charge in [0.05, 0.1) is 23.1 Å². The molecule has 0 saturated heterocycles. The normalized spacial score (nSPS) is 14.0. The van der Waals surface area contributed by atoms with Crippen LogP contribution < -0.4 is 5.32 Å². The minimum atomic E-state index is -0.185. The number of rotatable bonds is 6. The van der Waals surface area contributed by atoms with E-state index in [9.17, 15) is 4.39 Å². The molecule has 0 unspecified atom stereocenters. The molecule has 1 saturated carbocycles. The quantitative estimate of drug-likeness (QED) is 0.206. The van der Waals surface area contributed by atoms with Gasteiger partial charge in [0.15, 0.2) is 5.13 Å². The van der Waals surface area contributed by atoms with Crippen molar-refractivity contribution in [1.29, 1.82) is 0 Å². The number of aromatic amines is 2. The van der Waals surface area contributed by atoms with Crippen molar-refractivity contribution in [2.24, 2.45) is 5.92 Å². The smallest absolute Gasteiger partial charge is 0.176 e.